The van der Waals surface area contributed by atoms with Crippen molar-refractivity contribution in [1.82, 2.24) is 4.31 Å². The largest absolute Gasteiger partial charge is 0.490 e. The zero-order valence-electron chi connectivity index (χ0n) is 13.1. The highest BCUT2D eigenvalue weighted by Crippen LogP contribution is 2.28. The summed E-state index contributed by atoms with van der Waals surface area (Å²) in [5.41, 5.74) is 0. The van der Waals surface area contributed by atoms with Crippen LogP contribution in [0.5, 0.6) is 5.75 Å². The van der Waals surface area contributed by atoms with Crippen LogP contribution >= 0.6 is 11.3 Å². The van der Waals surface area contributed by atoms with Crippen LogP contribution in [0.2, 0.25) is 0 Å². The number of hydrogen-bond acceptors (Lipinski definition) is 4. The van der Waals surface area contributed by atoms with E-state index in [4.69, 9.17) is 4.74 Å². The van der Waals surface area contributed by atoms with Gasteiger partial charge in [0.15, 0.2) is 0 Å². The van der Waals surface area contributed by atoms with Gasteiger partial charge in [-0.25, -0.2) is 8.42 Å². The standard InChI is InChI=1S/C17H21NO3S2/c1-2-16-8-9-17(22-16)23(19,20)18-12-10-15(11-13-18)21-14-6-4-3-5-7-14/h3-9,15H,2,10-13H2,1H3. The van der Waals surface area contributed by atoms with Gasteiger partial charge >= 0.3 is 0 Å². The SMILES string of the molecule is CCc1ccc(S(=O)(=O)N2CCC(Oc3ccccc3)CC2)s1. The van der Waals surface area contributed by atoms with Gasteiger partial charge < -0.3 is 4.74 Å². The molecule has 6 heteroatoms. The predicted molar refractivity (Wildman–Crippen MR) is 92.5 cm³/mol. The molecule has 1 aromatic heterocycles. The van der Waals surface area contributed by atoms with Crippen LogP contribution in [0.15, 0.2) is 46.7 Å². The van der Waals surface area contributed by atoms with Crippen LogP contribution in [0.4, 0.5) is 0 Å². The van der Waals surface area contributed by atoms with Gasteiger partial charge in [-0.2, -0.15) is 4.31 Å². The Labute approximate surface area is 141 Å². The zero-order valence-corrected chi connectivity index (χ0v) is 14.8. The number of nitrogens with zero attached hydrogens (tertiary/aromatic N) is 1. The quantitative estimate of drug-likeness (QED) is 0.828. The second kappa shape index (κ2) is 7.03. The second-order valence-electron chi connectivity index (χ2n) is 5.61. The summed E-state index contributed by atoms with van der Waals surface area (Å²) in [7, 11) is -3.35. The number of benzene rings is 1. The predicted octanol–water partition coefficient (Wildman–Crippen LogP) is 3.54. The fourth-order valence-corrected chi connectivity index (χ4v) is 5.62. The highest BCUT2D eigenvalue weighted by molar-refractivity contribution is 7.91. The van der Waals surface area contributed by atoms with Gasteiger partial charge in [-0.05, 0) is 43.5 Å². The van der Waals surface area contributed by atoms with Crippen molar-refractivity contribution >= 4 is 21.4 Å². The summed E-state index contributed by atoms with van der Waals surface area (Å²) >= 11 is 1.38. The zero-order chi connectivity index (χ0) is 16.3. The van der Waals surface area contributed by atoms with E-state index >= 15 is 0 Å². The minimum absolute atomic E-state index is 0.0818. The number of piperidine rings is 1. The third kappa shape index (κ3) is 3.76. The lowest BCUT2D eigenvalue weighted by Gasteiger charge is -2.31. The van der Waals surface area contributed by atoms with E-state index < -0.39 is 10.0 Å². The summed E-state index contributed by atoms with van der Waals surface area (Å²) < 4.78 is 33.3. The first-order valence-electron chi connectivity index (χ1n) is 7.90. The first-order valence-corrected chi connectivity index (χ1v) is 10.2. The summed E-state index contributed by atoms with van der Waals surface area (Å²) in [6.07, 6.45) is 2.39. The molecule has 0 amide bonds. The maximum absolute atomic E-state index is 12.7. The fraction of sp³-hybridized carbons (Fsp3) is 0.412. The molecule has 0 N–H and O–H groups in total. The number of sulfonamides is 1. The van der Waals surface area contributed by atoms with Crippen LogP contribution in [0.1, 0.15) is 24.6 Å². The van der Waals surface area contributed by atoms with E-state index in [0.717, 1.165) is 29.9 Å². The minimum Gasteiger partial charge on any atom is -0.490 e. The fourth-order valence-electron chi connectivity index (χ4n) is 2.70. The van der Waals surface area contributed by atoms with Crippen LogP contribution in [0.3, 0.4) is 0 Å². The van der Waals surface area contributed by atoms with Crippen molar-refractivity contribution in [2.45, 2.75) is 36.5 Å². The van der Waals surface area contributed by atoms with Crippen molar-refractivity contribution in [2.75, 3.05) is 13.1 Å². The first kappa shape index (κ1) is 16.5. The van der Waals surface area contributed by atoms with Crippen molar-refractivity contribution in [3.8, 4) is 5.75 Å². The topological polar surface area (TPSA) is 46.6 Å². The van der Waals surface area contributed by atoms with E-state index in [2.05, 4.69) is 0 Å². The molecule has 1 fully saturated rings. The molecule has 1 aliphatic heterocycles. The highest BCUT2D eigenvalue weighted by Gasteiger charge is 2.31. The van der Waals surface area contributed by atoms with Crippen LogP contribution in [-0.2, 0) is 16.4 Å². The lowest BCUT2D eigenvalue weighted by molar-refractivity contribution is 0.135. The van der Waals surface area contributed by atoms with Gasteiger partial charge in [0.25, 0.3) is 10.0 Å². The maximum atomic E-state index is 12.7. The van der Waals surface area contributed by atoms with Gasteiger partial charge in [-0.1, -0.05) is 25.1 Å². The van der Waals surface area contributed by atoms with E-state index in [9.17, 15) is 8.42 Å². The van der Waals surface area contributed by atoms with Crippen LogP contribution in [-0.4, -0.2) is 31.9 Å². The molecule has 0 bridgehead atoms. The Kier molecular flexibility index (Phi) is 5.04. The number of para-hydroxylation sites is 1. The number of rotatable bonds is 5. The normalized spacial score (nSPS) is 17.3. The highest BCUT2D eigenvalue weighted by atomic mass is 32.2. The van der Waals surface area contributed by atoms with Gasteiger partial charge in [0.05, 0.1) is 0 Å². The van der Waals surface area contributed by atoms with E-state index in [0.29, 0.717) is 17.3 Å². The molecule has 3 rings (SSSR count). The molecule has 2 heterocycles. The molecule has 0 atom stereocenters. The number of thiophene rings is 1. The molecule has 1 aliphatic rings. The van der Waals surface area contributed by atoms with Crippen molar-refractivity contribution in [3.63, 3.8) is 0 Å². The van der Waals surface area contributed by atoms with Crippen LogP contribution < -0.4 is 4.74 Å². The average molecular weight is 351 g/mol. The van der Waals surface area contributed by atoms with Gasteiger partial charge in [-0.15, -0.1) is 11.3 Å². The Morgan fingerprint density at radius 2 is 1.83 bits per heavy atom. The maximum Gasteiger partial charge on any atom is 0.252 e. The van der Waals surface area contributed by atoms with Crippen molar-refractivity contribution in [2.24, 2.45) is 0 Å². The molecule has 23 heavy (non-hydrogen) atoms. The molecule has 1 saturated heterocycles. The molecule has 0 aliphatic carbocycles. The summed E-state index contributed by atoms with van der Waals surface area (Å²) in [5.74, 6) is 0.847. The molecular weight excluding hydrogens is 330 g/mol. The monoisotopic (exact) mass is 351 g/mol. The molecule has 4 nitrogen and oxygen atoms in total. The Balaban J connectivity index is 1.62. The number of hydrogen-bond donors (Lipinski definition) is 0. The lowest BCUT2D eigenvalue weighted by atomic mass is 10.1. The Morgan fingerprint density at radius 3 is 2.43 bits per heavy atom. The molecule has 0 saturated carbocycles. The van der Waals surface area contributed by atoms with Gasteiger partial charge in [0.1, 0.15) is 16.1 Å². The van der Waals surface area contributed by atoms with Crippen molar-refractivity contribution in [3.05, 3.63) is 47.3 Å². The van der Waals surface area contributed by atoms with Crippen molar-refractivity contribution < 1.29 is 13.2 Å². The molecule has 0 spiro atoms. The smallest absolute Gasteiger partial charge is 0.252 e. The third-order valence-electron chi connectivity index (χ3n) is 4.03. The van der Waals surface area contributed by atoms with Gasteiger partial charge in [-0.3, -0.25) is 0 Å². The van der Waals surface area contributed by atoms with E-state index in [1.807, 2.05) is 43.3 Å². The first-order chi connectivity index (χ1) is 11.1. The summed E-state index contributed by atoms with van der Waals surface area (Å²) in [4.78, 5) is 1.10. The van der Waals surface area contributed by atoms with Gasteiger partial charge in [0, 0.05) is 18.0 Å². The molecule has 0 unspecified atom stereocenters. The Bertz CT molecular complexity index is 732. The third-order valence-corrected chi connectivity index (χ3v) is 7.62. The molecule has 124 valence electrons. The van der Waals surface area contributed by atoms with E-state index in [-0.39, 0.29) is 6.10 Å². The molecule has 2 aromatic rings. The Hall–Kier alpha value is -1.37. The Morgan fingerprint density at radius 1 is 1.13 bits per heavy atom. The number of ether oxygens (including phenoxy) is 1. The summed E-state index contributed by atoms with van der Waals surface area (Å²) in [6.45, 7) is 3.06. The minimum atomic E-state index is -3.35. The van der Waals surface area contributed by atoms with E-state index in [1.54, 1.807) is 10.4 Å². The molecule has 0 radical (unpaired) electrons. The van der Waals surface area contributed by atoms with Crippen LogP contribution in [0, 0.1) is 0 Å². The van der Waals surface area contributed by atoms with E-state index in [1.165, 1.54) is 11.3 Å². The van der Waals surface area contributed by atoms with Crippen molar-refractivity contribution in [1.29, 1.82) is 0 Å². The second-order valence-corrected chi connectivity index (χ2v) is 8.94. The average Bonchev–Trinajstić information content (AvgIpc) is 3.06. The number of aryl methyl sites for hydroxylation is 1. The molecule has 1 aromatic carbocycles. The lowest BCUT2D eigenvalue weighted by Crippen LogP contribution is -2.41. The van der Waals surface area contributed by atoms with Gasteiger partial charge in [0.2, 0.25) is 0 Å². The summed E-state index contributed by atoms with van der Waals surface area (Å²) in [5, 5.41) is 0. The summed E-state index contributed by atoms with van der Waals surface area (Å²) in [6, 6.07) is 13.3. The van der Waals surface area contributed by atoms with Crippen LogP contribution in [0.25, 0.3) is 0 Å². The molecular formula is C17H21NO3S2.